The number of anilines is 2. The number of rotatable bonds is 5. The van der Waals surface area contributed by atoms with Crippen molar-refractivity contribution in [3.05, 3.63) is 47.5 Å². The van der Waals surface area contributed by atoms with Crippen LogP contribution in [-0.2, 0) is 0 Å². The van der Waals surface area contributed by atoms with E-state index in [1.807, 2.05) is 6.07 Å². The largest absolute Gasteiger partial charge is 0.573 e. The Hall–Kier alpha value is -3.23. The standard InChI is InChI=1S/C23H24F3N3O3.C3H8/c1-13-4-3-5-16(10-13)29-20-11-14(2)18(21(30)31)12-19(20)28-22(29)27-15-6-8-17(9-7-15)32-23(24,25)26;1-3-2/h6-9,11-13,16H,3-5,10H2,1-2H3,(H,27,28)(H,30,31);3H2,1-2H3. The molecule has 1 saturated carbocycles. The van der Waals surface area contributed by atoms with Gasteiger partial charge in [0.2, 0.25) is 5.95 Å². The molecular formula is C26H32F3N3O3. The van der Waals surface area contributed by atoms with Gasteiger partial charge in [-0.25, -0.2) is 9.78 Å². The molecule has 0 saturated heterocycles. The molecule has 6 nitrogen and oxygen atoms in total. The molecule has 0 bridgehead atoms. The SMILES string of the molecule is CCC.Cc1cc2c(cc1C(=O)O)nc(Nc1ccc(OC(F)(F)F)cc1)n2C1CCCC(C)C1. The molecule has 190 valence electrons. The van der Waals surface area contributed by atoms with Gasteiger partial charge in [-0.15, -0.1) is 13.2 Å². The van der Waals surface area contributed by atoms with Gasteiger partial charge in [-0.05, 0) is 67.6 Å². The normalized spacial score (nSPS) is 18.0. The van der Waals surface area contributed by atoms with Gasteiger partial charge >= 0.3 is 12.3 Å². The Labute approximate surface area is 203 Å². The van der Waals surface area contributed by atoms with E-state index in [4.69, 9.17) is 0 Å². The highest BCUT2D eigenvalue weighted by atomic mass is 19.4. The molecule has 0 spiro atoms. The molecule has 0 aliphatic heterocycles. The number of ether oxygens (including phenoxy) is 1. The van der Waals surface area contributed by atoms with Gasteiger partial charge in [-0.2, -0.15) is 0 Å². The minimum Gasteiger partial charge on any atom is -0.478 e. The van der Waals surface area contributed by atoms with Crippen molar-refractivity contribution in [2.75, 3.05) is 5.32 Å². The van der Waals surface area contributed by atoms with Crippen LogP contribution in [0, 0.1) is 12.8 Å². The molecule has 0 amide bonds. The summed E-state index contributed by atoms with van der Waals surface area (Å²) in [5.74, 6) is -0.234. The zero-order valence-electron chi connectivity index (χ0n) is 20.4. The lowest BCUT2D eigenvalue weighted by molar-refractivity contribution is -0.274. The Morgan fingerprint density at radius 3 is 2.43 bits per heavy atom. The first kappa shape index (κ1) is 26.4. The van der Waals surface area contributed by atoms with Crippen LogP contribution in [0.3, 0.4) is 0 Å². The van der Waals surface area contributed by atoms with Crippen LogP contribution in [0.4, 0.5) is 24.8 Å². The van der Waals surface area contributed by atoms with Gasteiger partial charge in [-0.1, -0.05) is 40.0 Å². The minimum atomic E-state index is -4.75. The van der Waals surface area contributed by atoms with E-state index >= 15 is 0 Å². The second-order valence-electron chi connectivity index (χ2n) is 9.10. The molecular weight excluding hydrogens is 459 g/mol. The fraction of sp³-hybridized carbons (Fsp3) is 0.462. The number of halogens is 3. The first-order valence-electron chi connectivity index (χ1n) is 11.9. The number of aromatic nitrogens is 2. The van der Waals surface area contributed by atoms with Crippen LogP contribution in [0.15, 0.2) is 36.4 Å². The van der Waals surface area contributed by atoms with E-state index in [0.29, 0.717) is 28.6 Å². The Morgan fingerprint density at radius 2 is 1.86 bits per heavy atom. The van der Waals surface area contributed by atoms with Crippen LogP contribution >= 0.6 is 0 Å². The van der Waals surface area contributed by atoms with E-state index in [1.54, 1.807) is 13.0 Å². The Bertz CT molecular complexity index is 1160. The molecule has 4 rings (SSSR count). The van der Waals surface area contributed by atoms with Gasteiger partial charge < -0.3 is 19.7 Å². The van der Waals surface area contributed by atoms with Gasteiger partial charge in [0.1, 0.15) is 5.75 Å². The third-order valence-electron chi connectivity index (χ3n) is 5.88. The van der Waals surface area contributed by atoms with Crippen LogP contribution in [0.1, 0.15) is 74.8 Å². The summed E-state index contributed by atoms with van der Waals surface area (Å²) in [7, 11) is 0. The van der Waals surface area contributed by atoms with E-state index in [1.165, 1.54) is 30.7 Å². The van der Waals surface area contributed by atoms with Gasteiger partial charge in [0.05, 0.1) is 16.6 Å². The summed E-state index contributed by atoms with van der Waals surface area (Å²) in [5, 5.41) is 12.7. The van der Waals surface area contributed by atoms with Crippen molar-refractivity contribution in [3.8, 4) is 5.75 Å². The lowest BCUT2D eigenvalue weighted by atomic mass is 9.87. The smallest absolute Gasteiger partial charge is 0.478 e. The zero-order valence-corrected chi connectivity index (χ0v) is 20.4. The molecule has 1 heterocycles. The highest BCUT2D eigenvalue weighted by Gasteiger charge is 2.31. The van der Waals surface area contributed by atoms with Crippen molar-refractivity contribution in [1.29, 1.82) is 0 Å². The number of imidazole rings is 1. The van der Waals surface area contributed by atoms with Crippen molar-refractivity contribution in [1.82, 2.24) is 9.55 Å². The highest BCUT2D eigenvalue weighted by Crippen LogP contribution is 2.38. The quantitative estimate of drug-likeness (QED) is 0.380. The van der Waals surface area contributed by atoms with Crippen molar-refractivity contribution < 1.29 is 27.8 Å². The third-order valence-corrected chi connectivity index (χ3v) is 5.88. The molecule has 2 aromatic carbocycles. The lowest BCUT2D eigenvalue weighted by Crippen LogP contribution is -2.19. The Morgan fingerprint density at radius 1 is 1.20 bits per heavy atom. The van der Waals surface area contributed by atoms with Gasteiger partial charge in [-0.3, -0.25) is 0 Å². The van der Waals surface area contributed by atoms with Crippen molar-refractivity contribution in [2.24, 2.45) is 5.92 Å². The maximum absolute atomic E-state index is 12.4. The Balaban J connectivity index is 0.00000108. The molecule has 9 heteroatoms. The summed E-state index contributed by atoms with van der Waals surface area (Å²) in [5.41, 5.74) is 2.79. The van der Waals surface area contributed by atoms with Crippen LogP contribution in [0.5, 0.6) is 5.75 Å². The number of hydrogen-bond acceptors (Lipinski definition) is 4. The van der Waals surface area contributed by atoms with Crippen molar-refractivity contribution in [2.45, 2.75) is 72.2 Å². The molecule has 1 fully saturated rings. The molecule has 1 aromatic heterocycles. The summed E-state index contributed by atoms with van der Waals surface area (Å²) in [6.07, 6.45) is 0.691. The van der Waals surface area contributed by atoms with Gasteiger partial charge in [0.25, 0.3) is 0 Å². The van der Waals surface area contributed by atoms with E-state index in [-0.39, 0.29) is 17.4 Å². The molecule has 0 radical (unpaired) electrons. The number of carboxylic acids is 1. The van der Waals surface area contributed by atoms with Crippen molar-refractivity contribution >= 4 is 28.6 Å². The van der Waals surface area contributed by atoms with Crippen LogP contribution in [0.2, 0.25) is 0 Å². The molecule has 35 heavy (non-hydrogen) atoms. The monoisotopic (exact) mass is 491 g/mol. The summed E-state index contributed by atoms with van der Waals surface area (Å²) >= 11 is 0. The highest BCUT2D eigenvalue weighted by molar-refractivity contribution is 5.95. The first-order valence-corrected chi connectivity index (χ1v) is 11.9. The van der Waals surface area contributed by atoms with Crippen LogP contribution in [-0.4, -0.2) is 27.0 Å². The minimum absolute atomic E-state index is 0.189. The van der Waals surface area contributed by atoms with E-state index in [0.717, 1.165) is 31.2 Å². The topological polar surface area (TPSA) is 76.4 Å². The first-order chi connectivity index (χ1) is 16.5. The summed E-state index contributed by atoms with van der Waals surface area (Å²) < 4.78 is 43.3. The lowest BCUT2D eigenvalue weighted by Gasteiger charge is -2.29. The number of alkyl halides is 3. The molecule has 2 atom stereocenters. The zero-order chi connectivity index (χ0) is 25.8. The number of nitrogens with zero attached hydrogens (tertiary/aromatic N) is 2. The average Bonchev–Trinajstić information content (AvgIpc) is 3.10. The number of hydrogen-bond donors (Lipinski definition) is 2. The predicted molar refractivity (Wildman–Crippen MR) is 130 cm³/mol. The second-order valence-corrected chi connectivity index (χ2v) is 9.10. The van der Waals surface area contributed by atoms with Crippen molar-refractivity contribution in [3.63, 3.8) is 0 Å². The number of aryl methyl sites for hydroxylation is 1. The number of aromatic carboxylic acids is 1. The van der Waals surface area contributed by atoms with E-state index < -0.39 is 12.3 Å². The number of benzene rings is 2. The fourth-order valence-electron chi connectivity index (χ4n) is 4.44. The molecule has 2 N–H and O–H groups in total. The van der Waals surface area contributed by atoms with Crippen LogP contribution in [0.25, 0.3) is 11.0 Å². The second kappa shape index (κ2) is 11.0. The van der Waals surface area contributed by atoms with Gasteiger partial charge in [0, 0.05) is 11.7 Å². The van der Waals surface area contributed by atoms with E-state index in [9.17, 15) is 23.1 Å². The maximum atomic E-state index is 12.4. The molecule has 1 aliphatic carbocycles. The molecule has 2 unspecified atom stereocenters. The number of carbonyl (C=O) groups is 1. The summed E-state index contributed by atoms with van der Waals surface area (Å²) in [6, 6.07) is 9.05. The molecule has 3 aromatic rings. The van der Waals surface area contributed by atoms with Gasteiger partial charge in [0.15, 0.2) is 0 Å². The predicted octanol–water partition coefficient (Wildman–Crippen LogP) is 7.85. The number of carboxylic acid groups (broad SMARTS) is 1. The Kier molecular flexibility index (Phi) is 8.30. The number of fused-ring (bicyclic) bond motifs is 1. The third kappa shape index (κ3) is 6.68. The summed E-state index contributed by atoms with van der Waals surface area (Å²) in [6.45, 7) is 8.22. The maximum Gasteiger partial charge on any atom is 0.573 e. The van der Waals surface area contributed by atoms with Crippen LogP contribution < -0.4 is 10.1 Å². The molecule has 1 aliphatic rings. The van der Waals surface area contributed by atoms with E-state index in [2.05, 4.69) is 40.4 Å². The summed E-state index contributed by atoms with van der Waals surface area (Å²) in [4.78, 5) is 16.2. The fourth-order valence-corrected chi connectivity index (χ4v) is 4.44. The number of nitrogens with one attached hydrogen (secondary N) is 1. The average molecular weight is 492 g/mol.